The second-order valence-corrected chi connectivity index (χ2v) is 4.55. The summed E-state index contributed by atoms with van der Waals surface area (Å²) in [5.74, 6) is 0.264. The number of anilines is 2. The Kier molecular flexibility index (Phi) is 3.05. The Morgan fingerprint density at radius 1 is 1.00 bits per heavy atom. The average Bonchev–Trinajstić information content (AvgIpc) is 2.43. The molecule has 0 aliphatic heterocycles. The summed E-state index contributed by atoms with van der Waals surface area (Å²) in [4.78, 5) is 4.47. The van der Waals surface area contributed by atoms with Crippen molar-refractivity contribution < 1.29 is 4.39 Å². The van der Waals surface area contributed by atoms with Gasteiger partial charge in [-0.1, -0.05) is 29.8 Å². The van der Waals surface area contributed by atoms with E-state index in [0.717, 1.165) is 10.9 Å². The van der Waals surface area contributed by atoms with E-state index in [0.29, 0.717) is 11.5 Å². The minimum atomic E-state index is -0.432. The van der Waals surface area contributed by atoms with Crippen LogP contribution in [0.2, 0.25) is 5.02 Å². The van der Waals surface area contributed by atoms with Gasteiger partial charge in [-0.25, -0.2) is 9.37 Å². The number of hydrogen-bond donors (Lipinski definition) is 1. The van der Waals surface area contributed by atoms with Crippen molar-refractivity contribution in [1.29, 1.82) is 0 Å². The van der Waals surface area contributed by atoms with Gasteiger partial charge in [0.25, 0.3) is 0 Å². The summed E-state index contributed by atoms with van der Waals surface area (Å²) in [5.41, 5.74) is 1.61. The van der Waals surface area contributed by atoms with Crippen LogP contribution < -0.4 is 5.32 Å². The summed E-state index contributed by atoms with van der Waals surface area (Å²) >= 11 is 5.74. The van der Waals surface area contributed by atoms with Gasteiger partial charge in [0, 0.05) is 11.1 Å². The SMILES string of the molecule is Fc1ccc(Nc2ccc3ccccc3n2)cc1Cl. The van der Waals surface area contributed by atoms with Crippen molar-refractivity contribution in [1.82, 2.24) is 4.98 Å². The fourth-order valence-electron chi connectivity index (χ4n) is 1.86. The molecule has 1 heterocycles. The molecular weight excluding hydrogens is 263 g/mol. The molecule has 0 saturated heterocycles. The lowest BCUT2D eigenvalue weighted by atomic mass is 10.2. The van der Waals surface area contributed by atoms with E-state index in [1.807, 2.05) is 36.4 Å². The summed E-state index contributed by atoms with van der Waals surface area (Å²) < 4.78 is 13.1. The Labute approximate surface area is 114 Å². The molecule has 1 aromatic heterocycles. The number of para-hydroxylation sites is 1. The number of nitrogens with one attached hydrogen (secondary N) is 1. The number of pyridine rings is 1. The fourth-order valence-corrected chi connectivity index (χ4v) is 2.04. The predicted octanol–water partition coefficient (Wildman–Crippen LogP) is 4.77. The molecule has 1 N–H and O–H groups in total. The maximum atomic E-state index is 13.1. The average molecular weight is 273 g/mol. The van der Waals surface area contributed by atoms with Gasteiger partial charge < -0.3 is 5.32 Å². The van der Waals surface area contributed by atoms with Crippen molar-refractivity contribution in [2.24, 2.45) is 0 Å². The molecule has 0 atom stereocenters. The van der Waals surface area contributed by atoms with E-state index in [4.69, 9.17) is 11.6 Å². The van der Waals surface area contributed by atoms with E-state index in [-0.39, 0.29) is 5.02 Å². The zero-order chi connectivity index (χ0) is 13.2. The molecule has 0 aliphatic rings. The Morgan fingerprint density at radius 2 is 1.84 bits per heavy atom. The fraction of sp³-hybridized carbons (Fsp3) is 0. The van der Waals surface area contributed by atoms with Crippen molar-refractivity contribution >= 4 is 34.0 Å². The highest BCUT2D eigenvalue weighted by atomic mass is 35.5. The van der Waals surface area contributed by atoms with Gasteiger partial charge in [0.1, 0.15) is 11.6 Å². The zero-order valence-corrected chi connectivity index (χ0v) is 10.7. The van der Waals surface area contributed by atoms with E-state index < -0.39 is 5.82 Å². The minimum Gasteiger partial charge on any atom is -0.340 e. The first-order chi connectivity index (χ1) is 9.22. The highest BCUT2D eigenvalue weighted by Crippen LogP contribution is 2.23. The van der Waals surface area contributed by atoms with Gasteiger partial charge in [-0.3, -0.25) is 0 Å². The molecule has 0 aliphatic carbocycles. The predicted molar refractivity (Wildman–Crippen MR) is 76.4 cm³/mol. The summed E-state index contributed by atoms with van der Waals surface area (Å²) in [6, 6.07) is 16.2. The molecule has 3 aromatic rings. The molecule has 0 radical (unpaired) electrons. The standard InChI is InChI=1S/C15H10ClFN2/c16-12-9-11(6-7-13(12)17)18-15-8-5-10-3-1-2-4-14(10)19-15/h1-9H,(H,18,19). The second kappa shape index (κ2) is 4.86. The van der Waals surface area contributed by atoms with Crippen LogP contribution in [0.3, 0.4) is 0 Å². The topological polar surface area (TPSA) is 24.9 Å². The number of nitrogens with zero attached hydrogens (tertiary/aromatic N) is 1. The quantitative estimate of drug-likeness (QED) is 0.727. The highest BCUT2D eigenvalue weighted by molar-refractivity contribution is 6.31. The molecular formula is C15H10ClFN2. The van der Waals surface area contributed by atoms with Crippen molar-refractivity contribution in [2.75, 3.05) is 5.32 Å². The molecule has 0 bridgehead atoms. The van der Waals surface area contributed by atoms with Gasteiger partial charge in [-0.05, 0) is 36.4 Å². The summed E-state index contributed by atoms with van der Waals surface area (Å²) in [6.45, 7) is 0. The number of fused-ring (bicyclic) bond motifs is 1. The third-order valence-corrected chi connectivity index (χ3v) is 3.08. The van der Waals surface area contributed by atoms with Gasteiger partial charge >= 0.3 is 0 Å². The zero-order valence-electron chi connectivity index (χ0n) is 9.90. The normalized spacial score (nSPS) is 10.6. The maximum Gasteiger partial charge on any atom is 0.141 e. The molecule has 4 heteroatoms. The van der Waals surface area contributed by atoms with E-state index in [1.165, 1.54) is 12.1 Å². The first-order valence-corrected chi connectivity index (χ1v) is 6.18. The smallest absolute Gasteiger partial charge is 0.141 e. The maximum absolute atomic E-state index is 13.1. The molecule has 0 unspecified atom stereocenters. The van der Waals surface area contributed by atoms with Gasteiger partial charge in [0.05, 0.1) is 10.5 Å². The van der Waals surface area contributed by atoms with E-state index in [9.17, 15) is 4.39 Å². The van der Waals surface area contributed by atoms with Crippen molar-refractivity contribution in [2.45, 2.75) is 0 Å². The van der Waals surface area contributed by atoms with Crippen LogP contribution in [0.25, 0.3) is 10.9 Å². The molecule has 0 saturated carbocycles. The molecule has 19 heavy (non-hydrogen) atoms. The van der Waals surface area contributed by atoms with Crippen LogP contribution in [0.5, 0.6) is 0 Å². The molecule has 3 rings (SSSR count). The Morgan fingerprint density at radius 3 is 2.68 bits per heavy atom. The molecule has 0 spiro atoms. The third-order valence-electron chi connectivity index (χ3n) is 2.79. The summed E-state index contributed by atoms with van der Waals surface area (Å²) in [5, 5.41) is 4.26. The second-order valence-electron chi connectivity index (χ2n) is 4.14. The van der Waals surface area contributed by atoms with Crippen molar-refractivity contribution in [3.8, 4) is 0 Å². The lowest BCUT2D eigenvalue weighted by Gasteiger charge is -2.07. The summed E-state index contributed by atoms with van der Waals surface area (Å²) in [6.07, 6.45) is 0. The number of benzene rings is 2. The number of halogens is 2. The van der Waals surface area contributed by atoms with Crippen LogP contribution >= 0.6 is 11.6 Å². The van der Waals surface area contributed by atoms with Crippen LogP contribution in [0.4, 0.5) is 15.9 Å². The molecule has 0 amide bonds. The van der Waals surface area contributed by atoms with E-state index in [2.05, 4.69) is 10.3 Å². The number of rotatable bonds is 2. The Hall–Kier alpha value is -2.13. The van der Waals surface area contributed by atoms with Gasteiger partial charge in [0.15, 0.2) is 0 Å². The highest BCUT2D eigenvalue weighted by Gasteiger charge is 2.02. The van der Waals surface area contributed by atoms with Crippen molar-refractivity contribution in [3.63, 3.8) is 0 Å². The van der Waals surface area contributed by atoms with Crippen molar-refractivity contribution in [3.05, 3.63) is 65.4 Å². The number of aromatic nitrogens is 1. The first kappa shape index (κ1) is 11.9. The van der Waals surface area contributed by atoms with Crippen LogP contribution in [0.1, 0.15) is 0 Å². The van der Waals surface area contributed by atoms with E-state index >= 15 is 0 Å². The van der Waals surface area contributed by atoms with Crippen LogP contribution in [0, 0.1) is 5.82 Å². The van der Waals surface area contributed by atoms with Gasteiger partial charge in [-0.15, -0.1) is 0 Å². The lowest BCUT2D eigenvalue weighted by molar-refractivity contribution is 0.628. The number of hydrogen-bond acceptors (Lipinski definition) is 2. The molecule has 0 fully saturated rings. The Balaban J connectivity index is 1.94. The summed E-state index contributed by atoms with van der Waals surface area (Å²) in [7, 11) is 0. The lowest BCUT2D eigenvalue weighted by Crippen LogP contribution is -1.94. The minimum absolute atomic E-state index is 0.0887. The first-order valence-electron chi connectivity index (χ1n) is 5.80. The van der Waals surface area contributed by atoms with Gasteiger partial charge in [-0.2, -0.15) is 0 Å². The molecule has 94 valence electrons. The van der Waals surface area contributed by atoms with Crippen LogP contribution in [0.15, 0.2) is 54.6 Å². The molecule has 2 aromatic carbocycles. The monoisotopic (exact) mass is 272 g/mol. The van der Waals surface area contributed by atoms with E-state index in [1.54, 1.807) is 6.07 Å². The molecule has 2 nitrogen and oxygen atoms in total. The van der Waals surface area contributed by atoms with Crippen LogP contribution in [-0.2, 0) is 0 Å². The third kappa shape index (κ3) is 2.51. The Bertz CT molecular complexity index is 743. The largest absolute Gasteiger partial charge is 0.340 e. The van der Waals surface area contributed by atoms with Gasteiger partial charge in [0.2, 0.25) is 0 Å². The van der Waals surface area contributed by atoms with Crippen LogP contribution in [-0.4, -0.2) is 4.98 Å².